The fourth-order valence-corrected chi connectivity index (χ4v) is 4.19. The lowest BCUT2D eigenvalue weighted by atomic mass is 10.2. The summed E-state index contributed by atoms with van der Waals surface area (Å²) >= 11 is 12.4. The second kappa shape index (κ2) is 12.7. The predicted octanol–water partition coefficient (Wildman–Crippen LogP) is 6.85. The van der Waals surface area contributed by atoms with Crippen LogP contribution < -0.4 is 25.4 Å². The number of carbonyl (C=O) groups excluding carboxylic acids is 2. The van der Waals surface area contributed by atoms with Crippen molar-refractivity contribution in [2.75, 3.05) is 27.8 Å². The van der Waals surface area contributed by atoms with Gasteiger partial charge in [-0.1, -0.05) is 41.4 Å². The first-order valence-corrected chi connectivity index (χ1v) is 12.7. The summed E-state index contributed by atoms with van der Waals surface area (Å²) in [7, 11) is 1.40. The SMILES string of the molecule is COc1ccccc1NC(=O)N(c1ccc(C#N)cc1O)N(C(=O)Nc1cccc(Cl)c1Cl)c1ccc(C#N)cc1O. The van der Waals surface area contributed by atoms with Crippen LogP contribution in [0.15, 0.2) is 78.9 Å². The van der Waals surface area contributed by atoms with E-state index in [0.29, 0.717) is 0 Å². The molecule has 0 unspecified atom stereocenters. The summed E-state index contributed by atoms with van der Waals surface area (Å²) in [6.45, 7) is 0. The summed E-state index contributed by atoms with van der Waals surface area (Å²) in [6.07, 6.45) is 0. The van der Waals surface area contributed by atoms with Crippen molar-refractivity contribution >= 4 is 58.0 Å². The van der Waals surface area contributed by atoms with E-state index in [4.69, 9.17) is 27.9 Å². The summed E-state index contributed by atoms with van der Waals surface area (Å²) in [5.41, 5.74) is -0.0852. The molecule has 4 N–H and O–H groups in total. The molecule has 0 aromatic heterocycles. The van der Waals surface area contributed by atoms with Crippen molar-refractivity contribution in [1.82, 2.24) is 0 Å². The Morgan fingerprint density at radius 1 is 0.762 bits per heavy atom. The Morgan fingerprint density at radius 2 is 1.26 bits per heavy atom. The number of rotatable bonds is 5. The number of nitriles is 2. The summed E-state index contributed by atoms with van der Waals surface area (Å²) in [6, 6.07) is 20.0. The normalized spacial score (nSPS) is 10.1. The van der Waals surface area contributed by atoms with Crippen LogP contribution >= 0.6 is 23.2 Å². The van der Waals surface area contributed by atoms with Crippen LogP contribution in [0.4, 0.5) is 32.3 Å². The lowest BCUT2D eigenvalue weighted by Crippen LogP contribution is -2.54. The first-order valence-electron chi connectivity index (χ1n) is 11.9. The molecule has 0 aliphatic heterocycles. The highest BCUT2D eigenvalue weighted by molar-refractivity contribution is 6.44. The van der Waals surface area contributed by atoms with Crippen LogP contribution in [-0.4, -0.2) is 29.4 Å². The number of hydrogen-bond donors (Lipinski definition) is 4. The molecule has 0 fully saturated rings. The number of nitrogens with one attached hydrogen (secondary N) is 2. The number of amides is 4. The number of methoxy groups -OCH3 is 1. The second-order valence-electron chi connectivity index (χ2n) is 8.42. The van der Waals surface area contributed by atoms with Gasteiger partial charge < -0.3 is 25.6 Å². The van der Waals surface area contributed by atoms with Crippen molar-refractivity contribution in [1.29, 1.82) is 10.5 Å². The number of para-hydroxylation sites is 2. The van der Waals surface area contributed by atoms with Gasteiger partial charge in [-0.2, -0.15) is 20.5 Å². The first-order chi connectivity index (χ1) is 20.2. The Balaban J connectivity index is 1.93. The van der Waals surface area contributed by atoms with Crippen molar-refractivity contribution < 1.29 is 24.5 Å². The molecule has 0 aliphatic rings. The van der Waals surface area contributed by atoms with Gasteiger partial charge in [-0.15, -0.1) is 0 Å². The third kappa shape index (κ3) is 6.08. The Bertz CT molecular complexity index is 1770. The van der Waals surface area contributed by atoms with Gasteiger partial charge in [-0.05, 0) is 60.7 Å². The number of nitrogens with zero attached hydrogens (tertiary/aromatic N) is 4. The molecule has 210 valence electrons. The Hall–Kier alpha value is -5.62. The van der Waals surface area contributed by atoms with Gasteiger partial charge in [-0.25, -0.2) is 9.59 Å². The minimum Gasteiger partial charge on any atom is -0.506 e. The maximum atomic E-state index is 14.0. The quantitative estimate of drug-likeness (QED) is 0.181. The highest BCUT2D eigenvalue weighted by atomic mass is 35.5. The number of aromatic hydroxyl groups is 2. The van der Waals surface area contributed by atoms with E-state index in [2.05, 4.69) is 10.6 Å². The Kier molecular flexibility index (Phi) is 8.88. The minimum atomic E-state index is -1.03. The van der Waals surface area contributed by atoms with Gasteiger partial charge in [0.15, 0.2) is 0 Å². The zero-order valence-corrected chi connectivity index (χ0v) is 23.2. The Morgan fingerprint density at radius 3 is 1.76 bits per heavy atom. The minimum absolute atomic E-state index is 0.00256. The van der Waals surface area contributed by atoms with E-state index in [0.717, 1.165) is 22.2 Å². The Labute approximate surface area is 249 Å². The number of anilines is 4. The lowest BCUT2D eigenvalue weighted by molar-refractivity contribution is 0.248. The van der Waals surface area contributed by atoms with Gasteiger partial charge in [0.1, 0.15) is 28.6 Å². The van der Waals surface area contributed by atoms with Crippen LogP contribution in [0.1, 0.15) is 11.1 Å². The smallest absolute Gasteiger partial charge is 0.346 e. The van der Waals surface area contributed by atoms with Gasteiger partial charge in [0, 0.05) is 0 Å². The van der Waals surface area contributed by atoms with Crippen LogP contribution in [-0.2, 0) is 0 Å². The number of urea groups is 2. The predicted molar refractivity (Wildman–Crippen MR) is 158 cm³/mol. The number of halogens is 2. The van der Waals surface area contributed by atoms with E-state index >= 15 is 0 Å². The summed E-state index contributed by atoms with van der Waals surface area (Å²) in [5, 5.41) is 47.2. The molecule has 0 radical (unpaired) electrons. The van der Waals surface area contributed by atoms with Gasteiger partial charge in [-0.3, -0.25) is 0 Å². The van der Waals surface area contributed by atoms with Crippen molar-refractivity contribution in [3.63, 3.8) is 0 Å². The molecule has 0 atom stereocenters. The standard InChI is InChI=1S/C29H20Cl2N6O5/c1-42-26-8-3-2-6-20(26)34-28(40)36(22-11-9-17(15-32)13-24(22)38)37(23-12-10-18(16-33)14-25(23)39)29(41)35-21-7-4-5-19(30)27(21)31/h2-14,38-39H,1H3,(H,34,40)(H,35,41). The molecule has 0 saturated heterocycles. The van der Waals surface area contributed by atoms with E-state index < -0.39 is 23.6 Å². The molecular formula is C29H20Cl2N6O5. The molecule has 0 heterocycles. The van der Waals surface area contributed by atoms with Crippen LogP contribution in [0, 0.1) is 22.7 Å². The third-order valence-electron chi connectivity index (χ3n) is 5.79. The van der Waals surface area contributed by atoms with Crippen molar-refractivity contribution in [3.05, 3.63) is 100 Å². The maximum absolute atomic E-state index is 14.0. The van der Waals surface area contributed by atoms with Crippen molar-refractivity contribution in [2.24, 2.45) is 0 Å². The lowest BCUT2D eigenvalue weighted by Gasteiger charge is -2.35. The fraction of sp³-hybridized carbons (Fsp3) is 0.0345. The molecular weight excluding hydrogens is 583 g/mol. The molecule has 11 nitrogen and oxygen atoms in total. The summed E-state index contributed by atoms with van der Waals surface area (Å²) in [4.78, 5) is 28.0. The van der Waals surface area contributed by atoms with E-state index in [1.165, 1.54) is 49.6 Å². The average Bonchev–Trinajstić information content (AvgIpc) is 2.98. The average molecular weight is 603 g/mol. The first kappa shape index (κ1) is 29.4. The van der Waals surface area contributed by atoms with Gasteiger partial charge in [0.2, 0.25) is 0 Å². The second-order valence-corrected chi connectivity index (χ2v) is 9.20. The number of hydrogen-bond acceptors (Lipinski definition) is 7. The number of hydrazine groups is 1. The maximum Gasteiger partial charge on any atom is 0.346 e. The number of benzene rings is 4. The molecule has 0 spiro atoms. The molecule has 0 saturated carbocycles. The molecule has 4 amide bonds. The van der Waals surface area contributed by atoms with Crippen LogP contribution in [0.3, 0.4) is 0 Å². The molecule has 42 heavy (non-hydrogen) atoms. The zero-order valence-electron chi connectivity index (χ0n) is 21.7. The zero-order chi connectivity index (χ0) is 30.4. The summed E-state index contributed by atoms with van der Waals surface area (Å²) < 4.78 is 5.32. The highest BCUT2D eigenvalue weighted by Crippen LogP contribution is 2.38. The largest absolute Gasteiger partial charge is 0.506 e. The van der Waals surface area contributed by atoms with Crippen molar-refractivity contribution in [3.8, 4) is 29.4 Å². The molecule has 4 rings (SSSR count). The van der Waals surface area contributed by atoms with Crippen LogP contribution in [0.25, 0.3) is 0 Å². The van der Waals surface area contributed by atoms with Gasteiger partial charge in [0.25, 0.3) is 0 Å². The van der Waals surface area contributed by atoms with Crippen LogP contribution in [0.2, 0.25) is 10.0 Å². The number of ether oxygens (including phenoxy) is 1. The van der Waals surface area contributed by atoms with E-state index in [1.54, 1.807) is 24.3 Å². The highest BCUT2D eigenvalue weighted by Gasteiger charge is 2.34. The van der Waals surface area contributed by atoms with Gasteiger partial charge in [0.05, 0.1) is 51.8 Å². The van der Waals surface area contributed by atoms with Crippen molar-refractivity contribution in [2.45, 2.75) is 0 Å². The molecule has 4 aromatic rings. The van der Waals surface area contributed by atoms with Crippen LogP contribution in [0.5, 0.6) is 17.2 Å². The molecule has 0 bridgehead atoms. The molecule has 13 heteroatoms. The number of phenols is 2. The summed E-state index contributed by atoms with van der Waals surface area (Å²) in [5.74, 6) is -0.807. The molecule has 0 aliphatic carbocycles. The van der Waals surface area contributed by atoms with E-state index in [1.807, 2.05) is 12.1 Å². The van der Waals surface area contributed by atoms with Gasteiger partial charge >= 0.3 is 12.1 Å². The topological polar surface area (TPSA) is 162 Å². The number of carbonyl (C=O) groups is 2. The monoisotopic (exact) mass is 602 g/mol. The number of phenolic OH excluding ortho intramolecular Hbond substituents is 2. The van der Waals surface area contributed by atoms with E-state index in [9.17, 15) is 30.3 Å². The fourth-order valence-electron chi connectivity index (χ4n) is 3.84. The third-order valence-corrected chi connectivity index (χ3v) is 6.61. The molecule has 4 aromatic carbocycles. The van der Waals surface area contributed by atoms with E-state index in [-0.39, 0.29) is 49.7 Å².